The summed E-state index contributed by atoms with van der Waals surface area (Å²) >= 11 is 1.20. The number of para-hydroxylation sites is 1. The van der Waals surface area contributed by atoms with Crippen molar-refractivity contribution in [2.75, 3.05) is 12.9 Å². The summed E-state index contributed by atoms with van der Waals surface area (Å²) in [6.45, 7) is 0. The smallest absolute Gasteiger partial charge is 0.277 e. The van der Waals surface area contributed by atoms with Gasteiger partial charge in [0.2, 0.25) is 5.89 Å². The Hall–Kier alpha value is -2.67. The van der Waals surface area contributed by atoms with E-state index in [2.05, 4.69) is 15.2 Å². The maximum atomic E-state index is 12.3. The van der Waals surface area contributed by atoms with Crippen LogP contribution in [0.4, 0.5) is 0 Å². The van der Waals surface area contributed by atoms with Crippen LogP contribution in [0, 0.1) is 0 Å². The van der Waals surface area contributed by atoms with E-state index in [1.54, 1.807) is 42.7 Å². The van der Waals surface area contributed by atoms with Crippen molar-refractivity contribution in [2.24, 2.45) is 0 Å². The second kappa shape index (κ2) is 7.06. The molecule has 2 aromatic heterocycles. The fourth-order valence-electron chi connectivity index (χ4n) is 1.96. The van der Waals surface area contributed by atoms with E-state index < -0.39 is 0 Å². The number of pyridine rings is 1. The van der Waals surface area contributed by atoms with Gasteiger partial charge >= 0.3 is 0 Å². The van der Waals surface area contributed by atoms with E-state index in [0.717, 1.165) is 5.56 Å². The van der Waals surface area contributed by atoms with Gasteiger partial charge in [-0.05, 0) is 24.3 Å². The van der Waals surface area contributed by atoms with Gasteiger partial charge in [-0.3, -0.25) is 9.78 Å². The second-order valence-electron chi connectivity index (χ2n) is 4.52. The van der Waals surface area contributed by atoms with Gasteiger partial charge in [0.1, 0.15) is 5.75 Å². The van der Waals surface area contributed by atoms with Crippen molar-refractivity contribution in [3.8, 4) is 17.2 Å². The van der Waals surface area contributed by atoms with Crippen molar-refractivity contribution in [1.29, 1.82) is 0 Å². The molecule has 7 heteroatoms. The molecule has 0 radical (unpaired) electrons. The SMILES string of the molecule is COc1ccccc1C(=O)CSc1nnc(-c2ccncc2)o1. The summed E-state index contributed by atoms with van der Waals surface area (Å²) in [7, 11) is 1.54. The van der Waals surface area contributed by atoms with Crippen LogP contribution in [0.2, 0.25) is 0 Å². The first-order valence-electron chi connectivity index (χ1n) is 6.81. The zero-order valence-corrected chi connectivity index (χ0v) is 13.1. The molecule has 0 aliphatic carbocycles. The molecule has 3 rings (SSSR count). The summed E-state index contributed by atoms with van der Waals surface area (Å²) in [5.41, 5.74) is 1.33. The number of hydrogen-bond donors (Lipinski definition) is 0. The molecule has 3 aromatic rings. The predicted molar refractivity (Wildman–Crippen MR) is 85.6 cm³/mol. The number of carbonyl (C=O) groups excluding carboxylic acids is 1. The Morgan fingerprint density at radius 2 is 1.96 bits per heavy atom. The van der Waals surface area contributed by atoms with E-state index in [-0.39, 0.29) is 11.5 Å². The molecule has 0 saturated carbocycles. The minimum absolute atomic E-state index is 0.0592. The van der Waals surface area contributed by atoms with E-state index in [9.17, 15) is 4.79 Å². The molecule has 2 heterocycles. The van der Waals surface area contributed by atoms with Gasteiger partial charge in [0, 0.05) is 18.0 Å². The monoisotopic (exact) mass is 327 g/mol. The van der Waals surface area contributed by atoms with Crippen molar-refractivity contribution in [2.45, 2.75) is 5.22 Å². The molecule has 0 fully saturated rings. The zero-order chi connectivity index (χ0) is 16.1. The Labute approximate surface area is 136 Å². The largest absolute Gasteiger partial charge is 0.496 e. The van der Waals surface area contributed by atoms with Gasteiger partial charge < -0.3 is 9.15 Å². The Morgan fingerprint density at radius 1 is 1.17 bits per heavy atom. The molecule has 0 bridgehead atoms. The number of nitrogens with zero attached hydrogens (tertiary/aromatic N) is 3. The van der Waals surface area contributed by atoms with E-state index in [0.29, 0.717) is 22.4 Å². The maximum Gasteiger partial charge on any atom is 0.277 e. The molecule has 0 aliphatic rings. The van der Waals surface area contributed by atoms with Crippen LogP contribution < -0.4 is 4.74 Å². The Morgan fingerprint density at radius 3 is 2.74 bits per heavy atom. The standard InChI is InChI=1S/C16H13N3O3S/c1-21-14-5-3-2-4-12(14)13(20)10-23-16-19-18-15(22-16)11-6-8-17-9-7-11/h2-9H,10H2,1H3. The predicted octanol–water partition coefficient (Wildman–Crippen LogP) is 3.12. The number of methoxy groups -OCH3 is 1. The van der Waals surface area contributed by atoms with E-state index in [1.807, 2.05) is 6.07 Å². The minimum atomic E-state index is -0.0592. The summed E-state index contributed by atoms with van der Waals surface area (Å²) < 4.78 is 10.7. The lowest BCUT2D eigenvalue weighted by atomic mass is 10.1. The summed E-state index contributed by atoms with van der Waals surface area (Å²) in [5.74, 6) is 1.09. The summed E-state index contributed by atoms with van der Waals surface area (Å²) in [6.07, 6.45) is 3.30. The molecule has 0 saturated heterocycles. The third kappa shape index (κ3) is 3.57. The summed E-state index contributed by atoms with van der Waals surface area (Å²) in [4.78, 5) is 16.2. The molecule has 0 unspecified atom stereocenters. The molecular formula is C16H13N3O3S. The first-order chi connectivity index (χ1) is 11.3. The van der Waals surface area contributed by atoms with Crippen LogP contribution in [0.25, 0.3) is 11.5 Å². The van der Waals surface area contributed by atoms with E-state index >= 15 is 0 Å². The highest BCUT2D eigenvalue weighted by molar-refractivity contribution is 7.99. The summed E-state index contributed by atoms with van der Waals surface area (Å²) in [5, 5.41) is 8.26. The molecule has 0 N–H and O–H groups in total. The normalized spacial score (nSPS) is 10.5. The van der Waals surface area contributed by atoms with Crippen LogP contribution in [0.15, 0.2) is 58.4 Å². The molecule has 116 valence electrons. The third-order valence-corrected chi connectivity index (χ3v) is 3.89. The van der Waals surface area contributed by atoms with Gasteiger partial charge in [0.25, 0.3) is 5.22 Å². The van der Waals surface area contributed by atoms with Crippen LogP contribution >= 0.6 is 11.8 Å². The lowest BCUT2D eigenvalue weighted by molar-refractivity contribution is 0.101. The average Bonchev–Trinajstić information content (AvgIpc) is 3.09. The quantitative estimate of drug-likeness (QED) is 0.508. The van der Waals surface area contributed by atoms with Gasteiger partial charge in [0.05, 0.1) is 18.4 Å². The van der Waals surface area contributed by atoms with Gasteiger partial charge in [0.15, 0.2) is 5.78 Å². The number of aromatic nitrogens is 3. The molecule has 0 atom stereocenters. The van der Waals surface area contributed by atoms with Crippen molar-refractivity contribution in [3.05, 3.63) is 54.4 Å². The fourth-order valence-corrected chi connectivity index (χ4v) is 2.61. The highest BCUT2D eigenvalue weighted by Crippen LogP contribution is 2.25. The van der Waals surface area contributed by atoms with Gasteiger partial charge in [-0.15, -0.1) is 10.2 Å². The number of rotatable bonds is 6. The molecule has 1 aromatic carbocycles. The Bertz CT molecular complexity index is 805. The fraction of sp³-hybridized carbons (Fsp3) is 0.125. The minimum Gasteiger partial charge on any atom is -0.496 e. The maximum absolute atomic E-state index is 12.3. The van der Waals surface area contributed by atoms with Crippen molar-refractivity contribution in [1.82, 2.24) is 15.2 Å². The molecule has 6 nitrogen and oxygen atoms in total. The molecule has 0 amide bonds. The van der Waals surface area contributed by atoms with Crippen LogP contribution in [0.1, 0.15) is 10.4 Å². The number of thioether (sulfide) groups is 1. The first-order valence-corrected chi connectivity index (χ1v) is 7.79. The highest BCUT2D eigenvalue weighted by atomic mass is 32.2. The Balaban J connectivity index is 1.67. The molecular weight excluding hydrogens is 314 g/mol. The van der Waals surface area contributed by atoms with Gasteiger partial charge in [-0.2, -0.15) is 0 Å². The first kappa shape index (κ1) is 15.2. The highest BCUT2D eigenvalue weighted by Gasteiger charge is 2.15. The lowest BCUT2D eigenvalue weighted by Gasteiger charge is -2.05. The van der Waals surface area contributed by atoms with E-state index in [1.165, 1.54) is 18.9 Å². The van der Waals surface area contributed by atoms with Crippen molar-refractivity contribution < 1.29 is 13.9 Å². The second-order valence-corrected chi connectivity index (χ2v) is 5.45. The van der Waals surface area contributed by atoms with Gasteiger partial charge in [-0.1, -0.05) is 23.9 Å². The number of hydrogen-bond acceptors (Lipinski definition) is 7. The average molecular weight is 327 g/mol. The third-order valence-electron chi connectivity index (χ3n) is 3.07. The number of benzene rings is 1. The number of Topliss-reactive ketones (excluding diaryl/α,β-unsaturated/α-hetero) is 1. The molecule has 0 spiro atoms. The zero-order valence-electron chi connectivity index (χ0n) is 12.3. The number of ketones is 1. The lowest BCUT2D eigenvalue weighted by Crippen LogP contribution is -2.04. The molecule has 23 heavy (non-hydrogen) atoms. The van der Waals surface area contributed by atoms with Gasteiger partial charge in [-0.25, -0.2) is 0 Å². The Kier molecular flexibility index (Phi) is 4.68. The number of carbonyl (C=O) groups is 1. The topological polar surface area (TPSA) is 78.1 Å². The molecule has 0 aliphatic heterocycles. The van der Waals surface area contributed by atoms with Crippen LogP contribution in [0.5, 0.6) is 5.75 Å². The number of ether oxygens (including phenoxy) is 1. The van der Waals surface area contributed by atoms with Crippen LogP contribution in [-0.4, -0.2) is 33.8 Å². The van der Waals surface area contributed by atoms with Crippen LogP contribution in [0.3, 0.4) is 0 Å². The van der Waals surface area contributed by atoms with Crippen molar-refractivity contribution >= 4 is 17.5 Å². The van der Waals surface area contributed by atoms with E-state index in [4.69, 9.17) is 9.15 Å². The van der Waals surface area contributed by atoms with Crippen molar-refractivity contribution in [3.63, 3.8) is 0 Å². The van der Waals surface area contributed by atoms with Crippen LogP contribution in [-0.2, 0) is 0 Å². The summed E-state index contributed by atoms with van der Waals surface area (Å²) in [6, 6.07) is 10.7.